The van der Waals surface area contributed by atoms with Gasteiger partial charge >= 0.3 is 0 Å². The van der Waals surface area contributed by atoms with Crippen molar-refractivity contribution in [3.8, 4) is 0 Å². The molecule has 5 heteroatoms. The number of hydrogen-bond donors (Lipinski definition) is 1. The monoisotopic (exact) mass is 243 g/mol. The number of nitrogens with two attached hydrogens (primary N) is 1. The van der Waals surface area contributed by atoms with Crippen LogP contribution in [0.15, 0.2) is 6.07 Å². The van der Waals surface area contributed by atoms with E-state index in [-0.39, 0.29) is 0 Å². The van der Waals surface area contributed by atoms with Crippen molar-refractivity contribution in [2.24, 2.45) is 11.7 Å². The standard InChI is InChI=1S/C11H21N3OS/c1-4-14-11(5-10(3)13-14)8-16(15)7-9(2)6-12/h5,9H,4,6-8,12H2,1-3H3. The van der Waals surface area contributed by atoms with Crippen molar-refractivity contribution in [2.75, 3.05) is 12.3 Å². The maximum absolute atomic E-state index is 11.9. The summed E-state index contributed by atoms with van der Waals surface area (Å²) in [5.41, 5.74) is 7.57. The van der Waals surface area contributed by atoms with E-state index in [1.807, 2.05) is 31.5 Å². The average Bonchev–Trinajstić information content (AvgIpc) is 2.58. The Kier molecular flexibility index (Phi) is 5.15. The summed E-state index contributed by atoms with van der Waals surface area (Å²) in [6.07, 6.45) is 0. The number of hydrogen-bond acceptors (Lipinski definition) is 3. The Morgan fingerprint density at radius 2 is 2.31 bits per heavy atom. The van der Waals surface area contributed by atoms with Crippen molar-refractivity contribution >= 4 is 10.8 Å². The van der Waals surface area contributed by atoms with Crippen molar-refractivity contribution in [3.63, 3.8) is 0 Å². The molecule has 0 aliphatic heterocycles. The summed E-state index contributed by atoms with van der Waals surface area (Å²) < 4.78 is 13.8. The van der Waals surface area contributed by atoms with Gasteiger partial charge in [-0.2, -0.15) is 5.10 Å². The van der Waals surface area contributed by atoms with Gasteiger partial charge in [0.15, 0.2) is 0 Å². The molecular weight excluding hydrogens is 222 g/mol. The second kappa shape index (κ2) is 6.15. The molecule has 2 N–H and O–H groups in total. The van der Waals surface area contributed by atoms with E-state index in [0.29, 0.717) is 24.0 Å². The third kappa shape index (κ3) is 3.72. The fraction of sp³-hybridized carbons (Fsp3) is 0.727. The Morgan fingerprint density at radius 3 is 2.88 bits per heavy atom. The molecule has 2 unspecified atom stereocenters. The molecule has 0 spiro atoms. The summed E-state index contributed by atoms with van der Waals surface area (Å²) in [6, 6.07) is 2.01. The molecule has 0 fully saturated rings. The Labute approximate surface area is 99.7 Å². The largest absolute Gasteiger partial charge is 0.330 e. The van der Waals surface area contributed by atoms with Gasteiger partial charge in [-0.25, -0.2) is 0 Å². The molecule has 0 radical (unpaired) electrons. The van der Waals surface area contributed by atoms with Crippen molar-refractivity contribution in [2.45, 2.75) is 33.1 Å². The average molecular weight is 243 g/mol. The van der Waals surface area contributed by atoms with Gasteiger partial charge < -0.3 is 5.73 Å². The normalized spacial score (nSPS) is 15.0. The van der Waals surface area contributed by atoms with Crippen LogP contribution in [-0.2, 0) is 23.1 Å². The van der Waals surface area contributed by atoms with Crippen LogP contribution in [0.4, 0.5) is 0 Å². The number of aromatic nitrogens is 2. The first-order valence-corrected chi connectivity index (χ1v) is 7.14. The lowest BCUT2D eigenvalue weighted by atomic mass is 10.2. The molecule has 0 aromatic carbocycles. The molecule has 0 aliphatic carbocycles. The molecule has 0 bridgehead atoms. The number of aryl methyl sites for hydroxylation is 2. The van der Waals surface area contributed by atoms with E-state index in [2.05, 4.69) is 5.10 Å². The first kappa shape index (κ1) is 13.4. The summed E-state index contributed by atoms with van der Waals surface area (Å²) in [6.45, 7) is 7.45. The second-order valence-corrected chi connectivity index (χ2v) is 5.69. The van der Waals surface area contributed by atoms with Gasteiger partial charge in [-0.3, -0.25) is 8.89 Å². The summed E-state index contributed by atoms with van der Waals surface area (Å²) in [5.74, 6) is 1.57. The van der Waals surface area contributed by atoms with E-state index in [1.165, 1.54) is 0 Å². The molecule has 1 heterocycles. The van der Waals surface area contributed by atoms with Crippen molar-refractivity contribution in [3.05, 3.63) is 17.5 Å². The van der Waals surface area contributed by atoms with Crippen LogP contribution in [0.1, 0.15) is 25.2 Å². The zero-order valence-corrected chi connectivity index (χ0v) is 11.1. The van der Waals surface area contributed by atoms with E-state index in [9.17, 15) is 4.21 Å². The zero-order chi connectivity index (χ0) is 12.1. The van der Waals surface area contributed by atoms with Gasteiger partial charge in [0.2, 0.25) is 0 Å². The molecule has 1 aromatic rings. The van der Waals surface area contributed by atoms with Crippen LogP contribution < -0.4 is 5.73 Å². The molecule has 0 amide bonds. The molecule has 1 aromatic heterocycles. The third-order valence-electron chi connectivity index (χ3n) is 2.47. The van der Waals surface area contributed by atoms with Crippen LogP contribution in [0.25, 0.3) is 0 Å². The van der Waals surface area contributed by atoms with Crippen LogP contribution >= 0.6 is 0 Å². The minimum atomic E-state index is -0.840. The quantitative estimate of drug-likeness (QED) is 0.812. The van der Waals surface area contributed by atoms with Gasteiger partial charge in [-0.1, -0.05) is 6.92 Å². The lowest BCUT2D eigenvalue weighted by molar-refractivity contribution is 0.620. The van der Waals surface area contributed by atoms with Gasteiger partial charge in [0.1, 0.15) is 0 Å². The van der Waals surface area contributed by atoms with E-state index in [1.54, 1.807) is 0 Å². The molecule has 0 aliphatic rings. The second-order valence-electron chi connectivity index (χ2n) is 4.18. The maximum Gasteiger partial charge on any atom is 0.0656 e. The fourth-order valence-corrected chi connectivity index (χ4v) is 3.05. The van der Waals surface area contributed by atoms with E-state index >= 15 is 0 Å². The van der Waals surface area contributed by atoms with Gasteiger partial charge in [0.25, 0.3) is 0 Å². The Morgan fingerprint density at radius 1 is 1.62 bits per heavy atom. The Hall–Kier alpha value is -0.680. The lowest BCUT2D eigenvalue weighted by Gasteiger charge is -2.08. The Bertz CT molecular complexity index is 362. The minimum absolute atomic E-state index is 0.319. The molecule has 4 nitrogen and oxygen atoms in total. The van der Waals surface area contributed by atoms with Gasteiger partial charge in [-0.15, -0.1) is 0 Å². The highest BCUT2D eigenvalue weighted by Crippen LogP contribution is 2.08. The number of rotatable bonds is 6. The highest BCUT2D eigenvalue weighted by atomic mass is 32.2. The Balaban J connectivity index is 2.61. The molecule has 16 heavy (non-hydrogen) atoms. The summed E-state index contributed by atoms with van der Waals surface area (Å²) in [4.78, 5) is 0. The summed E-state index contributed by atoms with van der Waals surface area (Å²) in [7, 11) is -0.840. The fourth-order valence-electron chi connectivity index (χ4n) is 1.60. The zero-order valence-electron chi connectivity index (χ0n) is 10.3. The van der Waals surface area contributed by atoms with Gasteiger partial charge in [-0.05, 0) is 32.4 Å². The number of nitrogens with zero attached hydrogens (tertiary/aromatic N) is 2. The predicted octanol–water partition coefficient (Wildman–Crippen LogP) is 1.05. The first-order valence-electron chi connectivity index (χ1n) is 5.65. The topological polar surface area (TPSA) is 60.9 Å². The van der Waals surface area contributed by atoms with Crippen LogP contribution in [0, 0.1) is 12.8 Å². The molecule has 2 atom stereocenters. The third-order valence-corrected chi connectivity index (χ3v) is 4.03. The summed E-state index contributed by atoms with van der Waals surface area (Å²) >= 11 is 0. The minimum Gasteiger partial charge on any atom is -0.330 e. The van der Waals surface area contributed by atoms with Gasteiger partial charge in [0, 0.05) is 23.1 Å². The van der Waals surface area contributed by atoms with Crippen LogP contribution in [-0.4, -0.2) is 26.3 Å². The smallest absolute Gasteiger partial charge is 0.0656 e. The van der Waals surface area contributed by atoms with Crippen molar-refractivity contribution in [1.82, 2.24) is 9.78 Å². The van der Waals surface area contributed by atoms with Crippen molar-refractivity contribution < 1.29 is 4.21 Å². The predicted molar refractivity (Wildman–Crippen MR) is 67.6 cm³/mol. The maximum atomic E-state index is 11.9. The van der Waals surface area contributed by atoms with E-state index in [4.69, 9.17) is 5.73 Å². The highest BCUT2D eigenvalue weighted by molar-refractivity contribution is 7.84. The van der Waals surface area contributed by atoms with Crippen LogP contribution in [0.3, 0.4) is 0 Å². The lowest BCUT2D eigenvalue weighted by Crippen LogP contribution is -2.19. The van der Waals surface area contributed by atoms with Gasteiger partial charge in [0.05, 0.1) is 17.1 Å². The van der Waals surface area contributed by atoms with Crippen LogP contribution in [0.2, 0.25) is 0 Å². The van der Waals surface area contributed by atoms with E-state index < -0.39 is 10.8 Å². The summed E-state index contributed by atoms with van der Waals surface area (Å²) in [5, 5.41) is 4.34. The molecule has 0 saturated heterocycles. The van der Waals surface area contributed by atoms with Crippen LogP contribution in [0.5, 0.6) is 0 Å². The van der Waals surface area contributed by atoms with Crippen molar-refractivity contribution in [1.29, 1.82) is 0 Å². The molecule has 0 saturated carbocycles. The molecule has 92 valence electrons. The molecule has 1 rings (SSSR count). The van der Waals surface area contributed by atoms with E-state index in [0.717, 1.165) is 17.9 Å². The molecular formula is C11H21N3OS. The highest BCUT2D eigenvalue weighted by Gasteiger charge is 2.10. The first-order chi connectivity index (χ1) is 7.56. The SMILES string of the molecule is CCn1nc(C)cc1CS(=O)CC(C)CN.